The number of hydrogen-bond donors (Lipinski definition) is 0. The molecule has 0 heterocycles. The van der Waals surface area contributed by atoms with Gasteiger partial charge in [0.25, 0.3) is 0 Å². The van der Waals surface area contributed by atoms with Crippen molar-refractivity contribution >= 4 is 41.2 Å². The van der Waals surface area contributed by atoms with Gasteiger partial charge >= 0.3 is 25.7 Å². The van der Waals surface area contributed by atoms with E-state index in [0.717, 1.165) is 15.6 Å². The molecule has 0 atom stereocenters. The van der Waals surface area contributed by atoms with Crippen molar-refractivity contribution in [1.82, 2.24) is 0 Å². The maximum absolute atomic E-state index is 6.57. The van der Waals surface area contributed by atoms with Crippen molar-refractivity contribution in [3.63, 3.8) is 0 Å². The Morgan fingerprint density at radius 3 is 0.771 bits per heavy atom. The van der Waals surface area contributed by atoms with E-state index in [1.165, 1.54) is 0 Å². The Balaban J connectivity index is 2.59. The topological polar surface area (TPSA) is 55.4 Å². The SMILES string of the molecule is CO[Si](OC)(c1ccccc1)C(C)([Si](OC)(OC)c1ccccc1)[Si](OC)(OC)c1ccccc1. The van der Waals surface area contributed by atoms with Crippen molar-refractivity contribution in [3.8, 4) is 0 Å². The summed E-state index contributed by atoms with van der Waals surface area (Å²) in [5.74, 6) is 0. The number of benzene rings is 3. The van der Waals surface area contributed by atoms with Crippen molar-refractivity contribution in [2.24, 2.45) is 0 Å². The predicted octanol–water partition coefficient (Wildman–Crippen LogP) is 2.75. The van der Waals surface area contributed by atoms with Gasteiger partial charge < -0.3 is 26.6 Å². The second-order valence-electron chi connectivity index (χ2n) is 8.30. The molecule has 3 rings (SSSR count). The second-order valence-corrected chi connectivity index (χ2v) is 20.7. The first-order valence-corrected chi connectivity index (χ1v) is 16.9. The summed E-state index contributed by atoms with van der Waals surface area (Å²) < 4.78 is 38.4. The fourth-order valence-electron chi connectivity index (χ4n) is 5.67. The molecule has 0 aromatic heterocycles. The molecule has 0 aliphatic carbocycles. The zero-order valence-electron chi connectivity index (χ0n) is 21.6. The van der Waals surface area contributed by atoms with E-state index < -0.39 is 30.0 Å². The normalized spacial score (nSPS) is 13.1. The Bertz CT molecular complexity index is 906. The molecule has 0 amide bonds. The molecule has 0 bridgehead atoms. The quantitative estimate of drug-likeness (QED) is 0.337. The molecule has 0 spiro atoms. The van der Waals surface area contributed by atoms with E-state index in [2.05, 4.69) is 6.92 Å². The summed E-state index contributed by atoms with van der Waals surface area (Å²) in [7, 11) is -0.208. The highest BCUT2D eigenvalue weighted by Gasteiger charge is 2.82. The van der Waals surface area contributed by atoms with Crippen LogP contribution < -0.4 is 15.6 Å². The second kappa shape index (κ2) is 11.4. The molecular formula is C26H36O6Si3. The molecule has 188 valence electrons. The van der Waals surface area contributed by atoms with E-state index in [0.29, 0.717) is 0 Å². The summed E-state index contributed by atoms with van der Waals surface area (Å²) in [5, 5.41) is 2.82. The molecule has 9 heteroatoms. The first kappa shape index (κ1) is 27.7. The summed E-state index contributed by atoms with van der Waals surface area (Å²) in [6.07, 6.45) is 0. The Labute approximate surface area is 212 Å². The highest BCUT2D eigenvalue weighted by molar-refractivity contribution is 7.17. The third-order valence-electron chi connectivity index (χ3n) is 7.16. The van der Waals surface area contributed by atoms with Gasteiger partial charge in [-0.2, -0.15) is 0 Å². The van der Waals surface area contributed by atoms with E-state index in [4.69, 9.17) is 26.6 Å². The Morgan fingerprint density at radius 1 is 0.400 bits per heavy atom. The van der Waals surface area contributed by atoms with Gasteiger partial charge in [-0.1, -0.05) is 97.9 Å². The van der Waals surface area contributed by atoms with Crippen molar-refractivity contribution in [1.29, 1.82) is 0 Å². The number of rotatable bonds is 12. The van der Waals surface area contributed by atoms with E-state index in [1.54, 1.807) is 42.7 Å². The molecule has 0 saturated carbocycles. The van der Waals surface area contributed by atoms with Crippen molar-refractivity contribution in [2.45, 2.75) is 11.2 Å². The van der Waals surface area contributed by atoms with Gasteiger partial charge in [-0.3, -0.25) is 0 Å². The average molecular weight is 529 g/mol. The van der Waals surface area contributed by atoms with Crippen molar-refractivity contribution < 1.29 is 26.6 Å². The summed E-state index contributed by atoms with van der Waals surface area (Å²) in [5.41, 5.74) is 0. The first-order valence-electron chi connectivity index (χ1n) is 11.4. The van der Waals surface area contributed by atoms with Crippen LogP contribution >= 0.6 is 0 Å². The largest absolute Gasteiger partial charge is 0.394 e. The van der Waals surface area contributed by atoms with E-state index in [1.807, 2.05) is 91.0 Å². The average Bonchev–Trinajstić information content (AvgIpc) is 2.93. The summed E-state index contributed by atoms with van der Waals surface area (Å²) in [4.78, 5) is 0. The first-order chi connectivity index (χ1) is 16.9. The number of hydrogen-bond acceptors (Lipinski definition) is 6. The van der Waals surface area contributed by atoms with Crippen LogP contribution in [-0.4, -0.2) is 68.3 Å². The minimum absolute atomic E-state index is 0.941. The standard InChI is InChI=1S/C26H36O6Si3/c1-26(33(27-2,28-3)23-17-11-8-12-18-23,34(29-4,30-5)24-19-13-9-14-20-24)35(31-6,32-7)25-21-15-10-16-22-25/h8-22H,1-7H3. The van der Waals surface area contributed by atoms with E-state index in [9.17, 15) is 0 Å². The van der Waals surface area contributed by atoms with Gasteiger partial charge in [-0.15, -0.1) is 0 Å². The van der Waals surface area contributed by atoms with Crippen LogP contribution in [0.3, 0.4) is 0 Å². The molecule has 0 aliphatic rings. The van der Waals surface area contributed by atoms with Crippen molar-refractivity contribution in [3.05, 3.63) is 91.0 Å². The van der Waals surface area contributed by atoms with Gasteiger partial charge in [0.15, 0.2) is 0 Å². The Morgan fingerprint density at radius 2 is 0.600 bits per heavy atom. The Kier molecular flexibility index (Phi) is 9.02. The smallest absolute Gasteiger partial charge is 0.382 e. The fourth-order valence-corrected chi connectivity index (χ4v) is 25.1. The van der Waals surface area contributed by atoms with Crippen LogP contribution in [0.25, 0.3) is 0 Å². The molecule has 0 aliphatic heterocycles. The molecule has 0 N–H and O–H groups in total. The maximum atomic E-state index is 6.57. The zero-order chi connectivity index (χ0) is 25.6. The minimum atomic E-state index is -3.47. The zero-order valence-corrected chi connectivity index (χ0v) is 24.6. The van der Waals surface area contributed by atoms with Crippen LogP contribution in [0.1, 0.15) is 6.92 Å². The molecule has 3 aromatic rings. The van der Waals surface area contributed by atoms with Gasteiger partial charge in [0.1, 0.15) is 4.28 Å². The third kappa shape index (κ3) is 4.01. The highest BCUT2D eigenvalue weighted by Crippen LogP contribution is 2.54. The van der Waals surface area contributed by atoms with Gasteiger partial charge in [0, 0.05) is 42.7 Å². The van der Waals surface area contributed by atoms with Gasteiger partial charge in [-0.25, -0.2) is 0 Å². The fraction of sp³-hybridized carbons (Fsp3) is 0.308. The maximum Gasteiger partial charge on any atom is 0.382 e. The lowest BCUT2D eigenvalue weighted by Gasteiger charge is -2.56. The van der Waals surface area contributed by atoms with E-state index in [-0.39, 0.29) is 0 Å². The predicted molar refractivity (Wildman–Crippen MR) is 146 cm³/mol. The lowest BCUT2D eigenvalue weighted by Crippen LogP contribution is -2.85. The molecule has 3 aromatic carbocycles. The highest BCUT2D eigenvalue weighted by atomic mass is 28.5. The van der Waals surface area contributed by atoms with Gasteiger partial charge in [-0.05, 0) is 15.6 Å². The molecule has 6 nitrogen and oxygen atoms in total. The molecule has 0 unspecified atom stereocenters. The van der Waals surface area contributed by atoms with Gasteiger partial charge in [0.2, 0.25) is 0 Å². The van der Waals surface area contributed by atoms with Crippen LogP contribution in [0.4, 0.5) is 0 Å². The van der Waals surface area contributed by atoms with Crippen LogP contribution in [0.15, 0.2) is 91.0 Å². The van der Waals surface area contributed by atoms with E-state index >= 15 is 0 Å². The lowest BCUT2D eigenvalue weighted by atomic mass is 10.4. The van der Waals surface area contributed by atoms with Gasteiger partial charge in [0.05, 0.1) is 0 Å². The van der Waals surface area contributed by atoms with Crippen LogP contribution in [-0.2, 0) is 26.6 Å². The molecular weight excluding hydrogens is 493 g/mol. The van der Waals surface area contributed by atoms with Crippen LogP contribution in [0.5, 0.6) is 0 Å². The summed E-state index contributed by atoms with van der Waals surface area (Å²) in [6, 6.07) is 30.2. The lowest BCUT2D eigenvalue weighted by molar-refractivity contribution is 0.178. The molecule has 0 fully saturated rings. The Hall–Kier alpha value is -1.93. The monoisotopic (exact) mass is 528 g/mol. The molecule has 0 saturated heterocycles. The van der Waals surface area contributed by atoms with Crippen LogP contribution in [0.2, 0.25) is 4.28 Å². The summed E-state index contributed by atoms with van der Waals surface area (Å²) in [6.45, 7) is 2.12. The minimum Gasteiger partial charge on any atom is -0.394 e. The van der Waals surface area contributed by atoms with Crippen molar-refractivity contribution in [2.75, 3.05) is 42.7 Å². The molecule has 35 heavy (non-hydrogen) atoms. The van der Waals surface area contributed by atoms with Crippen LogP contribution in [0, 0.1) is 0 Å². The third-order valence-corrected chi connectivity index (χ3v) is 23.8. The molecule has 0 radical (unpaired) electrons. The summed E-state index contributed by atoms with van der Waals surface area (Å²) >= 11 is 0.